The van der Waals surface area contributed by atoms with Gasteiger partial charge < -0.3 is 5.73 Å². The summed E-state index contributed by atoms with van der Waals surface area (Å²) >= 11 is 1.85. The first-order valence-corrected chi connectivity index (χ1v) is 7.64. The summed E-state index contributed by atoms with van der Waals surface area (Å²) in [6.45, 7) is 0.829. The highest BCUT2D eigenvalue weighted by Gasteiger charge is 2.53. The second-order valence-electron chi connectivity index (χ2n) is 6.12. The Morgan fingerprint density at radius 3 is 2.78 bits per heavy atom. The molecule has 1 aromatic carbocycles. The highest BCUT2D eigenvalue weighted by atomic mass is 32.1. The Hall–Kier alpha value is -0.930. The van der Waals surface area contributed by atoms with Gasteiger partial charge in [-0.15, -0.1) is 11.3 Å². The first-order chi connectivity index (χ1) is 8.78. The highest BCUT2D eigenvalue weighted by Crippen LogP contribution is 2.60. The van der Waals surface area contributed by atoms with E-state index in [4.69, 9.17) is 10.7 Å². The Balaban J connectivity index is 1.63. The van der Waals surface area contributed by atoms with Crippen molar-refractivity contribution in [3.05, 3.63) is 29.3 Å². The van der Waals surface area contributed by atoms with Gasteiger partial charge in [-0.05, 0) is 55.2 Å². The van der Waals surface area contributed by atoms with Crippen LogP contribution >= 0.6 is 11.3 Å². The maximum atomic E-state index is 6.07. The van der Waals surface area contributed by atoms with E-state index in [-0.39, 0.29) is 0 Å². The fourth-order valence-corrected chi connectivity index (χ4v) is 4.85. The van der Waals surface area contributed by atoms with Crippen molar-refractivity contribution in [1.29, 1.82) is 0 Å². The second kappa shape index (κ2) is 3.78. The smallest absolute Gasteiger partial charge is 0.0944 e. The molecule has 4 rings (SSSR count). The van der Waals surface area contributed by atoms with Crippen LogP contribution in [0.1, 0.15) is 24.3 Å². The van der Waals surface area contributed by atoms with Crippen LogP contribution < -0.4 is 5.73 Å². The zero-order valence-corrected chi connectivity index (χ0v) is 11.2. The third-order valence-corrected chi connectivity index (χ3v) is 5.79. The molecule has 0 aliphatic heterocycles. The van der Waals surface area contributed by atoms with Crippen LogP contribution in [-0.4, -0.2) is 11.5 Å². The maximum Gasteiger partial charge on any atom is 0.0944 e. The van der Waals surface area contributed by atoms with E-state index in [1.165, 1.54) is 29.0 Å². The molecule has 2 aliphatic carbocycles. The van der Waals surface area contributed by atoms with Gasteiger partial charge in [0.1, 0.15) is 0 Å². The van der Waals surface area contributed by atoms with Gasteiger partial charge >= 0.3 is 0 Å². The predicted octanol–water partition coefficient (Wildman–Crippen LogP) is 3.21. The molecule has 0 amide bonds. The monoisotopic (exact) mass is 258 g/mol. The fourth-order valence-electron chi connectivity index (χ4n) is 3.71. The minimum absolute atomic E-state index is 0.363. The summed E-state index contributed by atoms with van der Waals surface area (Å²) in [5, 5.41) is 1.28. The van der Waals surface area contributed by atoms with Crippen molar-refractivity contribution >= 4 is 21.6 Å². The Bertz CT molecular complexity index is 546. The number of thiazole rings is 1. The number of hydrogen-bond acceptors (Lipinski definition) is 3. The lowest BCUT2D eigenvalue weighted by molar-refractivity contribution is 0.273. The van der Waals surface area contributed by atoms with Crippen molar-refractivity contribution < 1.29 is 0 Å². The third-order valence-electron chi connectivity index (χ3n) is 4.76. The van der Waals surface area contributed by atoms with Crippen molar-refractivity contribution in [2.24, 2.45) is 23.0 Å². The molecule has 0 saturated heterocycles. The Morgan fingerprint density at radius 1 is 1.28 bits per heavy atom. The van der Waals surface area contributed by atoms with E-state index < -0.39 is 0 Å². The van der Waals surface area contributed by atoms with Crippen LogP contribution in [0.15, 0.2) is 24.3 Å². The number of aromatic nitrogens is 1. The Morgan fingerprint density at radius 2 is 2.06 bits per heavy atom. The molecular weight excluding hydrogens is 240 g/mol. The van der Waals surface area contributed by atoms with Gasteiger partial charge in [0.25, 0.3) is 0 Å². The molecule has 1 heterocycles. The molecule has 3 heteroatoms. The topological polar surface area (TPSA) is 38.9 Å². The van der Waals surface area contributed by atoms with Crippen LogP contribution in [0.3, 0.4) is 0 Å². The molecule has 0 spiro atoms. The van der Waals surface area contributed by atoms with Crippen molar-refractivity contribution in [3.8, 4) is 0 Å². The van der Waals surface area contributed by atoms with Crippen LogP contribution in [0.5, 0.6) is 0 Å². The van der Waals surface area contributed by atoms with E-state index in [9.17, 15) is 0 Å². The second-order valence-corrected chi connectivity index (χ2v) is 7.24. The molecule has 18 heavy (non-hydrogen) atoms. The van der Waals surface area contributed by atoms with Gasteiger partial charge in [-0.25, -0.2) is 4.98 Å². The Labute approximate surface area is 111 Å². The summed E-state index contributed by atoms with van der Waals surface area (Å²) in [7, 11) is 0. The molecule has 2 aliphatic rings. The van der Waals surface area contributed by atoms with Crippen molar-refractivity contribution in [1.82, 2.24) is 4.98 Å². The van der Waals surface area contributed by atoms with Crippen LogP contribution in [0.25, 0.3) is 10.2 Å². The molecule has 0 radical (unpaired) electrons. The van der Waals surface area contributed by atoms with Gasteiger partial charge in [-0.3, -0.25) is 0 Å². The summed E-state index contributed by atoms with van der Waals surface area (Å²) in [6, 6.07) is 8.43. The molecule has 2 atom stereocenters. The lowest BCUT2D eigenvalue weighted by Crippen LogP contribution is -2.31. The van der Waals surface area contributed by atoms with Crippen LogP contribution in [0, 0.1) is 17.3 Å². The van der Waals surface area contributed by atoms with E-state index in [1.807, 2.05) is 11.3 Å². The highest BCUT2D eigenvalue weighted by molar-refractivity contribution is 7.18. The summed E-state index contributed by atoms with van der Waals surface area (Å²) in [4.78, 5) is 4.77. The van der Waals surface area contributed by atoms with E-state index in [0.29, 0.717) is 5.41 Å². The largest absolute Gasteiger partial charge is 0.330 e. The van der Waals surface area contributed by atoms with Crippen molar-refractivity contribution in [2.75, 3.05) is 6.54 Å². The lowest BCUT2D eigenvalue weighted by Gasteiger charge is -2.28. The molecule has 2 N–H and O–H groups in total. The quantitative estimate of drug-likeness (QED) is 0.918. The van der Waals surface area contributed by atoms with Gasteiger partial charge in [0, 0.05) is 6.42 Å². The zero-order valence-electron chi connectivity index (χ0n) is 10.4. The summed E-state index contributed by atoms with van der Waals surface area (Å²) in [5.41, 5.74) is 7.58. The van der Waals surface area contributed by atoms with Gasteiger partial charge in [0.2, 0.25) is 0 Å². The molecule has 2 aromatic rings. The number of nitrogens with two attached hydrogens (primary N) is 1. The summed E-state index contributed by atoms with van der Waals surface area (Å²) in [5.74, 6) is 1.98. The number of para-hydroxylation sites is 1. The van der Waals surface area contributed by atoms with Crippen molar-refractivity contribution in [2.45, 2.75) is 25.7 Å². The fraction of sp³-hybridized carbons (Fsp3) is 0.533. The number of rotatable bonds is 3. The van der Waals surface area contributed by atoms with Crippen LogP contribution in [0.4, 0.5) is 0 Å². The SMILES string of the molecule is NCC1(Cc2nc3ccccc3s2)CC2CC2C1. The minimum atomic E-state index is 0.363. The van der Waals surface area contributed by atoms with Gasteiger partial charge in [-0.1, -0.05) is 12.1 Å². The zero-order chi connectivity index (χ0) is 12.2. The normalized spacial score (nSPS) is 33.8. The Kier molecular flexibility index (Phi) is 2.30. The van der Waals surface area contributed by atoms with Crippen molar-refractivity contribution in [3.63, 3.8) is 0 Å². The molecule has 2 nitrogen and oxygen atoms in total. The summed E-state index contributed by atoms with van der Waals surface area (Å²) in [6.07, 6.45) is 5.23. The van der Waals surface area contributed by atoms with Gasteiger partial charge in [0.15, 0.2) is 0 Å². The number of benzene rings is 1. The number of fused-ring (bicyclic) bond motifs is 2. The summed E-state index contributed by atoms with van der Waals surface area (Å²) < 4.78 is 1.31. The standard InChI is InChI=1S/C15H18N2S/c16-9-15(6-10-5-11(10)7-15)8-14-17-12-3-1-2-4-13(12)18-14/h1-4,10-11H,5-9,16H2. The first kappa shape index (κ1) is 10.9. The van der Waals surface area contributed by atoms with Gasteiger partial charge in [0.05, 0.1) is 15.2 Å². The average molecular weight is 258 g/mol. The van der Waals surface area contributed by atoms with E-state index in [2.05, 4.69) is 24.3 Å². The minimum Gasteiger partial charge on any atom is -0.330 e. The first-order valence-electron chi connectivity index (χ1n) is 6.83. The molecule has 0 bridgehead atoms. The lowest BCUT2D eigenvalue weighted by atomic mass is 9.80. The molecule has 2 saturated carbocycles. The van der Waals surface area contributed by atoms with Crippen LogP contribution in [-0.2, 0) is 6.42 Å². The number of nitrogens with zero attached hydrogens (tertiary/aromatic N) is 1. The van der Waals surface area contributed by atoms with Gasteiger partial charge in [-0.2, -0.15) is 0 Å². The molecule has 1 aromatic heterocycles. The van der Waals surface area contributed by atoms with Crippen LogP contribution in [0.2, 0.25) is 0 Å². The molecule has 2 fully saturated rings. The average Bonchev–Trinajstić information content (AvgIpc) is 2.85. The maximum absolute atomic E-state index is 6.07. The predicted molar refractivity (Wildman–Crippen MR) is 75.6 cm³/mol. The number of hydrogen-bond donors (Lipinski definition) is 1. The molecular formula is C15H18N2S. The third kappa shape index (κ3) is 1.69. The van der Waals surface area contributed by atoms with E-state index in [1.54, 1.807) is 0 Å². The molecule has 2 unspecified atom stereocenters. The van der Waals surface area contributed by atoms with E-state index >= 15 is 0 Å². The molecule has 94 valence electrons. The van der Waals surface area contributed by atoms with E-state index in [0.717, 1.165) is 30.3 Å².